The fraction of sp³-hybridized carbons (Fsp3) is 0.478. The van der Waals surface area contributed by atoms with Crippen LogP contribution >= 0.6 is 0 Å². The van der Waals surface area contributed by atoms with E-state index in [1.165, 1.54) is 25.0 Å². The Morgan fingerprint density at radius 3 is 2.42 bits per heavy atom. The molecule has 2 aliphatic rings. The first-order valence-corrected chi connectivity index (χ1v) is 11.4. The second kappa shape index (κ2) is 9.09. The van der Waals surface area contributed by atoms with E-state index in [9.17, 15) is 13.2 Å². The fourth-order valence-corrected chi connectivity index (χ4v) is 4.93. The van der Waals surface area contributed by atoms with E-state index >= 15 is 0 Å². The SMILES string of the molecule is FC(F)(F)c1cccc(N2CCN(C(c3ccccn3)c3nnnn3C3CCCC3)CC2)c1. The van der Waals surface area contributed by atoms with Crippen molar-refractivity contribution in [3.8, 4) is 0 Å². The molecule has 0 radical (unpaired) electrons. The maximum absolute atomic E-state index is 13.2. The van der Waals surface area contributed by atoms with E-state index in [1.54, 1.807) is 12.3 Å². The molecule has 1 saturated carbocycles. The van der Waals surface area contributed by atoms with Gasteiger partial charge in [0.15, 0.2) is 5.82 Å². The maximum atomic E-state index is 13.2. The number of benzene rings is 1. The fourth-order valence-electron chi connectivity index (χ4n) is 4.93. The molecule has 1 aromatic carbocycles. The smallest absolute Gasteiger partial charge is 0.369 e. The Morgan fingerprint density at radius 2 is 1.73 bits per heavy atom. The van der Waals surface area contributed by atoms with Gasteiger partial charge in [-0.2, -0.15) is 13.2 Å². The Hall–Kier alpha value is -3.01. The number of rotatable bonds is 5. The van der Waals surface area contributed by atoms with Crippen molar-refractivity contribution >= 4 is 5.69 Å². The molecule has 0 N–H and O–H groups in total. The molecule has 1 aliphatic carbocycles. The van der Waals surface area contributed by atoms with Gasteiger partial charge in [-0.05, 0) is 53.6 Å². The minimum atomic E-state index is -4.35. The number of hydrogen-bond acceptors (Lipinski definition) is 6. The summed E-state index contributed by atoms with van der Waals surface area (Å²) in [5.41, 5.74) is 0.846. The summed E-state index contributed by atoms with van der Waals surface area (Å²) in [7, 11) is 0. The highest BCUT2D eigenvalue weighted by Crippen LogP contribution is 2.35. The van der Waals surface area contributed by atoms with Gasteiger partial charge in [0.1, 0.15) is 6.04 Å². The zero-order chi connectivity index (χ0) is 22.8. The van der Waals surface area contributed by atoms with Crippen LogP contribution < -0.4 is 4.90 Å². The van der Waals surface area contributed by atoms with Crippen LogP contribution in [-0.4, -0.2) is 56.3 Å². The van der Waals surface area contributed by atoms with E-state index in [1.807, 2.05) is 27.8 Å². The van der Waals surface area contributed by atoms with Gasteiger partial charge in [-0.1, -0.05) is 25.0 Å². The summed E-state index contributed by atoms with van der Waals surface area (Å²) in [6.45, 7) is 2.54. The predicted molar refractivity (Wildman–Crippen MR) is 117 cm³/mol. The Bertz CT molecular complexity index is 1060. The molecule has 3 heterocycles. The molecule has 3 aromatic rings. The van der Waals surface area contributed by atoms with Gasteiger partial charge >= 0.3 is 6.18 Å². The normalized spacial score (nSPS) is 19.2. The molecular formula is C23H26F3N7. The molecule has 33 heavy (non-hydrogen) atoms. The Kier molecular flexibility index (Phi) is 6.01. The van der Waals surface area contributed by atoms with Gasteiger partial charge in [0.25, 0.3) is 0 Å². The molecule has 1 atom stereocenters. The quantitative estimate of drug-likeness (QED) is 0.575. The lowest BCUT2D eigenvalue weighted by Gasteiger charge is -2.39. The number of piperazine rings is 1. The summed E-state index contributed by atoms with van der Waals surface area (Å²) in [5.74, 6) is 0.785. The van der Waals surface area contributed by atoms with Crippen LogP contribution in [0.3, 0.4) is 0 Å². The molecule has 1 unspecified atom stereocenters. The van der Waals surface area contributed by atoms with E-state index in [-0.39, 0.29) is 6.04 Å². The molecule has 1 aliphatic heterocycles. The highest BCUT2D eigenvalue weighted by Gasteiger charge is 2.35. The van der Waals surface area contributed by atoms with E-state index in [4.69, 9.17) is 0 Å². The predicted octanol–water partition coefficient (Wildman–Crippen LogP) is 4.11. The van der Waals surface area contributed by atoms with E-state index in [0.29, 0.717) is 37.9 Å². The lowest BCUT2D eigenvalue weighted by atomic mass is 10.1. The molecule has 174 valence electrons. The number of aromatic nitrogens is 5. The third kappa shape index (κ3) is 4.57. The zero-order valence-corrected chi connectivity index (χ0v) is 18.2. The first-order valence-electron chi connectivity index (χ1n) is 11.4. The number of halogens is 3. The topological polar surface area (TPSA) is 63.0 Å². The van der Waals surface area contributed by atoms with Crippen molar-refractivity contribution in [2.24, 2.45) is 0 Å². The first kappa shape index (κ1) is 21.8. The third-order valence-corrected chi connectivity index (χ3v) is 6.62. The van der Waals surface area contributed by atoms with Gasteiger partial charge in [0.2, 0.25) is 0 Å². The Morgan fingerprint density at radius 1 is 0.939 bits per heavy atom. The minimum absolute atomic E-state index is 0.203. The van der Waals surface area contributed by atoms with E-state index < -0.39 is 11.7 Å². The van der Waals surface area contributed by atoms with Gasteiger partial charge in [0, 0.05) is 38.1 Å². The van der Waals surface area contributed by atoms with Crippen LogP contribution in [0.25, 0.3) is 0 Å². The molecule has 10 heteroatoms. The van der Waals surface area contributed by atoms with Crippen LogP contribution in [0.4, 0.5) is 18.9 Å². The Labute approximate surface area is 190 Å². The lowest BCUT2D eigenvalue weighted by molar-refractivity contribution is -0.137. The van der Waals surface area contributed by atoms with Crippen LogP contribution in [0, 0.1) is 0 Å². The average Bonchev–Trinajstić information content (AvgIpc) is 3.52. The summed E-state index contributed by atoms with van der Waals surface area (Å²) in [4.78, 5) is 8.89. The summed E-state index contributed by atoms with van der Waals surface area (Å²) in [6.07, 6.45) is 1.90. The highest BCUT2D eigenvalue weighted by molar-refractivity contribution is 5.49. The average molecular weight is 458 g/mol. The van der Waals surface area contributed by atoms with Crippen LogP contribution in [0.1, 0.15) is 54.8 Å². The molecule has 7 nitrogen and oxygen atoms in total. The number of anilines is 1. The standard InChI is InChI=1S/C23H26F3N7/c24-23(25,26)17-6-5-9-19(16-17)31-12-14-32(15-13-31)21(20-10-3-4-11-27-20)22-28-29-30-33(22)18-7-1-2-8-18/h3-6,9-11,16,18,21H,1-2,7-8,12-15H2. The van der Waals surface area contributed by atoms with Crippen LogP contribution in [0.15, 0.2) is 48.7 Å². The van der Waals surface area contributed by atoms with Crippen molar-refractivity contribution < 1.29 is 13.2 Å². The second-order valence-electron chi connectivity index (χ2n) is 8.65. The van der Waals surface area contributed by atoms with Crippen molar-refractivity contribution in [2.45, 2.75) is 43.9 Å². The number of alkyl halides is 3. The van der Waals surface area contributed by atoms with Gasteiger partial charge < -0.3 is 4.90 Å². The van der Waals surface area contributed by atoms with Crippen molar-refractivity contribution in [3.05, 3.63) is 65.7 Å². The Balaban J connectivity index is 1.38. The molecule has 1 saturated heterocycles. The van der Waals surface area contributed by atoms with Gasteiger partial charge in [-0.3, -0.25) is 9.88 Å². The highest BCUT2D eigenvalue weighted by atomic mass is 19.4. The van der Waals surface area contributed by atoms with Gasteiger partial charge in [-0.25, -0.2) is 4.68 Å². The van der Waals surface area contributed by atoms with Crippen molar-refractivity contribution in [2.75, 3.05) is 31.1 Å². The maximum Gasteiger partial charge on any atom is 0.416 e. The summed E-state index contributed by atoms with van der Waals surface area (Å²) in [6, 6.07) is 11.5. The zero-order valence-electron chi connectivity index (χ0n) is 18.2. The van der Waals surface area contributed by atoms with Crippen LogP contribution in [-0.2, 0) is 6.18 Å². The van der Waals surface area contributed by atoms with Crippen LogP contribution in [0.2, 0.25) is 0 Å². The van der Waals surface area contributed by atoms with E-state index in [0.717, 1.165) is 30.4 Å². The van der Waals surface area contributed by atoms with Gasteiger partial charge in [-0.15, -0.1) is 5.10 Å². The monoisotopic (exact) mass is 457 g/mol. The molecule has 2 fully saturated rings. The summed E-state index contributed by atoms with van der Waals surface area (Å²) in [5, 5.41) is 12.7. The van der Waals surface area contributed by atoms with Crippen LogP contribution in [0.5, 0.6) is 0 Å². The summed E-state index contributed by atoms with van der Waals surface area (Å²) < 4.78 is 41.4. The lowest BCUT2D eigenvalue weighted by Crippen LogP contribution is -2.48. The minimum Gasteiger partial charge on any atom is -0.369 e. The van der Waals surface area contributed by atoms with Crippen molar-refractivity contribution in [3.63, 3.8) is 0 Å². The number of nitrogens with zero attached hydrogens (tertiary/aromatic N) is 7. The number of hydrogen-bond donors (Lipinski definition) is 0. The number of pyridine rings is 1. The molecule has 0 amide bonds. The molecule has 0 bridgehead atoms. The van der Waals surface area contributed by atoms with E-state index in [2.05, 4.69) is 25.4 Å². The molecule has 5 rings (SSSR count). The molecule has 2 aromatic heterocycles. The number of tetrazole rings is 1. The molecule has 0 spiro atoms. The second-order valence-corrected chi connectivity index (χ2v) is 8.65. The largest absolute Gasteiger partial charge is 0.416 e. The summed E-state index contributed by atoms with van der Waals surface area (Å²) >= 11 is 0. The molecular weight excluding hydrogens is 431 g/mol. The first-order chi connectivity index (χ1) is 16.0. The third-order valence-electron chi connectivity index (χ3n) is 6.62. The van der Waals surface area contributed by atoms with Crippen molar-refractivity contribution in [1.29, 1.82) is 0 Å². The van der Waals surface area contributed by atoms with Gasteiger partial charge in [0.05, 0.1) is 17.3 Å². The van der Waals surface area contributed by atoms with Crippen molar-refractivity contribution in [1.82, 2.24) is 30.1 Å².